The zero-order chi connectivity index (χ0) is 17.8. The van der Waals surface area contributed by atoms with Gasteiger partial charge in [-0.1, -0.05) is 12.1 Å². The fourth-order valence-electron chi connectivity index (χ4n) is 3.27. The number of hydrogen-bond donors (Lipinski definition) is 0. The van der Waals surface area contributed by atoms with Crippen LogP contribution in [-0.4, -0.2) is 21.8 Å². The first-order chi connectivity index (χ1) is 12.8. The largest absolute Gasteiger partial charge is 0.344 e. The van der Waals surface area contributed by atoms with Crippen molar-refractivity contribution in [3.8, 4) is 0 Å². The molecule has 3 aromatic rings. The van der Waals surface area contributed by atoms with E-state index in [4.69, 9.17) is 4.99 Å². The van der Waals surface area contributed by atoms with Crippen LogP contribution in [0, 0.1) is 5.82 Å². The van der Waals surface area contributed by atoms with Crippen molar-refractivity contribution in [2.45, 2.75) is 19.4 Å². The van der Waals surface area contributed by atoms with Crippen LogP contribution < -0.4 is 0 Å². The highest BCUT2D eigenvalue weighted by atomic mass is 19.1. The monoisotopic (exact) mass is 345 g/mol. The number of nitrogens with zero attached hydrogens (tertiary/aromatic N) is 3. The average molecular weight is 345 g/mol. The smallest absolute Gasteiger partial charge is 0.123 e. The number of aliphatic imine (C=N–C) groups is 1. The lowest BCUT2D eigenvalue weighted by Crippen LogP contribution is -2.12. The van der Waals surface area contributed by atoms with Crippen LogP contribution in [0.25, 0.3) is 6.08 Å². The van der Waals surface area contributed by atoms with E-state index in [1.807, 2.05) is 30.5 Å². The van der Waals surface area contributed by atoms with Crippen LogP contribution in [-0.2, 0) is 6.54 Å². The van der Waals surface area contributed by atoms with Crippen LogP contribution in [0.2, 0.25) is 0 Å². The Hall–Kier alpha value is -3.01. The minimum atomic E-state index is -0.205. The molecule has 0 N–H and O–H groups in total. The Bertz CT molecular complexity index is 937. The van der Waals surface area contributed by atoms with E-state index in [0.717, 1.165) is 41.9 Å². The Morgan fingerprint density at radius 3 is 2.77 bits per heavy atom. The Balaban J connectivity index is 1.63. The summed E-state index contributed by atoms with van der Waals surface area (Å²) in [5.41, 5.74) is 5.55. The van der Waals surface area contributed by atoms with E-state index >= 15 is 0 Å². The summed E-state index contributed by atoms with van der Waals surface area (Å²) in [6, 6.07) is 14.8. The molecule has 4 heteroatoms. The normalized spacial score (nSPS) is 15.9. The highest BCUT2D eigenvalue weighted by Crippen LogP contribution is 2.22. The van der Waals surface area contributed by atoms with Gasteiger partial charge in [-0.3, -0.25) is 9.98 Å². The van der Waals surface area contributed by atoms with Crippen LogP contribution in [0.1, 0.15) is 29.7 Å². The van der Waals surface area contributed by atoms with Crippen LogP contribution in [0.15, 0.2) is 77.7 Å². The quantitative estimate of drug-likeness (QED) is 0.672. The van der Waals surface area contributed by atoms with Crippen LogP contribution in [0.5, 0.6) is 0 Å². The second-order valence-electron chi connectivity index (χ2n) is 6.43. The second kappa shape index (κ2) is 7.48. The fourth-order valence-corrected chi connectivity index (χ4v) is 3.27. The highest BCUT2D eigenvalue weighted by molar-refractivity contribution is 6.15. The molecule has 0 unspecified atom stereocenters. The summed E-state index contributed by atoms with van der Waals surface area (Å²) in [5, 5.41) is 0. The maximum absolute atomic E-state index is 13.1. The lowest BCUT2D eigenvalue weighted by atomic mass is 9.96. The number of hydrogen-bond acceptors (Lipinski definition) is 2. The topological polar surface area (TPSA) is 30.2 Å². The van der Waals surface area contributed by atoms with E-state index in [0.29, 0.717) is 6.54 Å². The minimum absolute atomic E-state index is 0.205. The van der Waals surface area contributed by atoms with Gasteiger partial charge in [0.05, 0.1) is 5.71 Å². The molecule has 0 aliphatic carbocycles. The Morgan fingerprint density at radius 1 is 1.08 bits per heavy atom. The molecule has 26 heavy (non-hydrogen) atoms. The predicted octanol–water partition coefficient (Wildman–Crippen LogP) is 4.74. The van der Waals surface area contributed by atoms with Crippen LogP contribution in [0.4, 0.5) is 4.39 Å². The summed E-state index contributed by atoms with van der Waals surface area (Å²) >= 11 is 0. The summed E-state index contributed by atoms with van der Waals surface area (Å²) in [6.07, 6.45) is 10.00. The molecule has 3 nitrogen and oxygen atoms in total. The molecule has 130 valence electrons. The Kier molecular flexibility index (Phi) is 4.73. The molecule has 0 saturated heterocycles. The van der Waals surface area contributed by atoms with Gasteiger partial charge in [-0.15, -0.1) is 0 Å². The standard InChI is InChI=1S/C22H20FN3/c23-20-9-7-17(8-10-20)16-26-13-3-6-21(26)14-18-4-2-12-25-22(18)19-5-1-11-24-15-19/h1,3,5-11,13-15H,2,4,12,16H2/b18-14+. The molecule has 1 aliphatic heterocycles. The lowest BCUT2D eigenvalue weighted by Gasteiger charge is -2.17. The number of pyridine rings is 1. The Labute approximate surface area is 152 Å². The van der Waals surface area contributed by atoms with Crippen molar-refractivity contribution >= 4 is 11.8 Å². The molecule has 2 aromatic heterocycles. The van der Waals surface area contributed by atoms with Gasteiger partial charge < -0.3 is 4.57 Å². The van der Waals surface area contributed by atoms with E-state index in [9.17, 15) is 4.39 Å². The number of allylic oxidation sites excluding steroid dienone is 1. The molecule has 1 aliphatic rings. The van der Waals surface area contributed by atoms with Crippen molar-refractivity contribution in [1.29, 1.82) is 0 Å². The summed E-state index contributed by atoms with van der Waals surface area (Å²) in [5.74, 6) is -0.205. The molecular formula is C22H20FN3. The van der Waals surface area contributed by atoms with Crippen LogP contribution in [0.3, 0.4) is 0 Å². The minimum Gasteiger partial charge on any atom is -0.344 e. The summed E-state index contributed by atoms with van der Waals surface area (Å²) in [6.45, 7) is 1.57. The zero-order valence-corrected chi connectivity index (χ0v) is 14.5. The maximum Gasteiger partial charge on any atom is 0.123 e. The molecule has 0 fully saturated rings. The van der Waals surface area contributed by atoms with Crippen molar-refractivity contribution in [3.63, 3.8) is 0 Å². The molecule has 4 rings (SSSR count). The summed E-state index contributed by atoms with van der Waals surface area (Å²) < 4.78 is 15.3. The third kappa shape index (κ3) is 3.64. The first-order valence-corrected chi connectivity index (χ1v) is 8.85. The van der Waals surface area contributed by atoms with E-state index in [1.165, 1.54) is 17.7 Å². The lowest BCUT2D eigenvalue weighted by molar-refractivity contribution is 0.626. The first-order valence-electron chi connectivity index (χ1n) is 8.85. The second-order valence-corrected chi connectivity index (χ2v) is 6.43. The highest BCUT2D eigenvalue weighted by Gasteiger charge is 2.15. The molecule has 0 atom stereocenters. The van der Waals surface area contributed by atoms with E-state index in [2.05, 4.69) is 34.0 Å². The molecule has 0 amide bonds. The fraction of sp³-hybridized carbons (Fsp3) is 0.182. The molecule has 0 saturated carbocycles. The summed E-state index contributed by atoms with van der Waals surface area (Å²) in [4.78, 5) is 8.97. The molecular weight excluding hydrogens is 325 g/mol. The molecule has 1 aromatic carbocycles. The van der Waals surface area contributed by atoms with Crippen molar-refractivity contribution < 1.29 is 4.39 Å². The predicted molar refractivity (Wildman–Crippen MR) is 103 cm³/mol. The zero-order valence-electron chi connectivity index (χ0n) is 14.5. The number of aromatic nitrogens is 2. The van der Waals surface area contributed by atoms with Crippen molar-refractivity contribution in [2.24, 2.45) is 4.99 Å². The maximum atomic E-state index is 13.1. The van der Waals surface area contributed by atoms with Gasteiger partial charge in [0.25, 0.3) is 0 Å². The molecule has 0 radical (unpaired) electrons. The first kappa shape index (κ1) is 16.5. The van der Waals surface area contributed by atoms with Gasteiger partial charge in [0.2, 0.25) is 0 Å². The van der Waals surface area contributed by atoms with Gasteiger partial charge in [0.1, 0.15) is 5.82 Å². The van der Waals surface area contributed by atoms with Crippen molar-refractivity contribution in [3.05, 3.63) is 95.3 Å². The van der Waals surface area contributed by atoms with Gasteiger partial charge in [-0.25, -0.2) is 4.39 Å². The van der Waals surface area contributed by atoms with Gasteiger partial charge >= 0.3 is 0 Å². The number of benzene rings is 1. The van der Waals surface area contributed by atoms with Gasteiger partial charge in [-0.05, 0) is 66.5 Å². The van der Waals surface area contributed by atoms with Crippen molar-refractivity contribution in [1.82, 2.24) is 9.55 Å². The van der Waals surface area contributed by atoms with E-state index < -0.39 is 0 Å². The van der Waals surface area contributed by atoms with Crippen molar-refractivity contribution in [2.75, 3.05) is 6.54 Å². The average Bonchev–Trinajstić information content (AvgIpc) is 3.11. The SMILES string of the molecule is Fc1ccc(Cn2cccc2/C=C2\CCCN=C2c2cccnc2)cc1. The third-order valence-corrected chi connectivity index (χ3v) is 4.57. The molecule has 0 bridgehead atoms. The van der Waals surface area contributed by atoms with Gasteiger partial charge in [0.15, 0.2) is 0 Å². The number of rotatable bonds is 4. The third-order valence-electron chi connectivity index (χ3n) is 4.57. The van der Waals surface area contributed by atoms with Gasteiger partial charge in [0, 0.05) is 42.9 Å². The van der Waals surface area contributed by atoms with Gasteiger partial charge in [-0.2, -0.15) is 0 Å². The Morgan fingerprint density at radius 2 is 1.96 bits per heavy atom. The number of halogens is 1. The van der Waals surface area contributed by atoms with E-state index in [1.54, 1.807) is 6.20 Å². The van der Waals surface area contributed by atoms with E-state index in [-0.39, 0.29) is 5.82 Å². The molecule has 3 heterocycles. The summed E-state index contributed by atoms with van der Waals surface area (Å²) in [7, 11) is 0. The van der Waals surface area contributed by atoms with Crippen LogP contribution >= 0.6 is 0 Å². The molecule has 0 spiro atoms.